The van der Waals surface area contributed by atoms with Gasteiger partial charge in [0.25, 0.3) is 5.91 Å². The van der Waals surface area contributed by atoms with E-state index in [-0.39, 0.29) is 24.3 Å². The average Bonchev–Trinajstić information content (AvgIpc) is 2.78. The molecule has 1 saturated heterocycles. The van der Waals surface area contributed by atoms with Crippen LogP contribution in [0.5, 0.6) is 0 Å². The molecular weight excluding hydrogens is 411 g/mol. The highest BCUT2D eigenvalue weighted by Crippen LogP contribution is 2.12. The maximum absolute atomic E-state index is 13.1. The summed E-state index contributed by atoms with van der Waals surface area (Å²) >= 11 is 0. The van der Waals surface area contributed by atoms with Gasteiger partial charge >= 0.3 is 0 Å². The van der Waals surface area contributed by atoms with Crippen LogP contribution in [0.3, 0.4) is 0 Å². The summed E-state index contributed by atoms with van der Waals surface area (Å²) in [6.45, 7) is 6.11. The first-order valence-electron chi connectivity index (χ1n) is 10.8. The van der Waals surface area contributed by atoms with E-state index in [9.17, 15) is 18.8 Å². The van der Waals surface area contributed by atoms with Crippen molar-refractivity contribution in [3.05, 3.63) is 66.0 Å². The van der Waals surface area contributed by atoms with Crippen LogP contribution in [0.25, 0.3) is 0 Å². The van der Waals surface area contributed by atoms with E-state index in [0.717, 1.165) is 5.69 Å². The van der Waals surface area contributed by atoms with Crippen LogP contribution in [0, 0.1) is 11.7 Å². The second kappa shape index (κ2) is 10.9. The van der Waals surface area contributed by atoms with Crippen LogP contribution in [0.15, 0.2) is 54.6 Å². The molecule has 7 nitrogen and oxygen atoms in total. The summed E-state index contributed by atoms with van der Waals surface area (Å²) in [7, 11) is 0. The first kappa shape index (κ1) is 23.4. The van der Waals surface area contributed by atoms with E-state index >= 15 is 0 Å². The third kappa shape index (κ3) is 6.37. The zero-order chi connectivity index (χ0) is 23.1. The number of halogens is 1. The predicted octanol–water partition coefficient (Wildman–Crippen LogP) is 2.36. The van der Waals surface area contributed by atoms with Crippen molar-refractivity contribution in [3.63, 3.8) is 0 Å². The normalized spacial score (nSPS) is 15.3. The second-order valence-corrected chi connectivity index (χ2v) is 8.22. The van der Waals surface area contributed by atoms with E-state index in [1.807, 2.05) is 49.1 Å². The molecule has 1 aliphatic rings. The zero-order valence-corrected chi connectivity index (χ0v) is 18.4. The number of amides is 3. The summed E-state index contributed by atoms with van der Waals surface area (Å²) < 4.78 is 13.1. The first-order valence-corrected chi connectivity index (χ1v) is 10.8. The van der Waals surface area contributed by atoms with Crippen LogP contribution in [0.2, 0.25) is 0 Å². The molecule has 3 amide bonds. The van der Waals surface area contributed by atoms with Gasteiger partial charge in [-0.15, -0.1) is 0 Å². The fraction of sp³-hybridized carbons (Fsp3) is 0.375. The lowest BCUT2D eigenvalue weighted by molar-refractivity contribution is -0.136. The monoisotopic (exact) mass is 440 g/mol. The van der Waals surface area contributed by atoms with Crippen molar-refractivity contribution in [2.75, 3.05) is 38.0 Å². The molecule has 2 aromatic rings. The number of piperazine rings is 1. The van der Waals surface area contributed by atoms with Crippen LogP contribution >= 0.6 is 0 Å². The van der Waals surface area contributed by atoms with Gasteiger partial charge in [0.2, 0.25) is 11.8 Å². The Morgan fingerprint density at radius 1 is 0.938 bits per heavy atom. The van der Waals surface area contributed by atoms with E-state index in [2.05, 4.69) is 10.6 Å². The Bertz CT molecular complexity index is 926. The maximum atomic E-state index is 13.1. The van der Waals surface area contributed by atoms with Gasteiger partial charge in [-0.2, -0.15) is 0 Å². The van der Waals surface area contributed by atoms with E-state index < -0.39 is 17.8 Å². The predicted molar refractivity (Wildman–Crippen MR) is 121 cm³/mol. The molecule has 0 aliphatic carbocycles. The molecule has 170 valence electrons. The molecule has 2 N–H and O–H groups in total. The van der Waals surface area contributed by atoms with Crippen LogP contribution in [0.1, 0.15) is 24.2 Å². The van der Waals surface area contributed by atoms with Crippen molar-refractivity contribution in [2.45, 2.75) is 19.9 Å². The first-order chi connectivity index (χ1) is 15.3. The van der Waals surface area contributed by atoms with Gasteiger partial charge in [-0.1, -0.05) is 32.0 Å². The van der Waals surface area contributed by atoms with Gasteiger partial charge in [-0.3, -0.25) is 19.3 Å². The molecule has 2 aromatic carbocycles. The number of carbonyl (C=O) groups is 3. The molecule has 0 saturated carbocycles. The molecule has 1 fully saturated rings. The molecule has 1 aliphatic heterocycles. The van der Waals surface area contributed by atoms with Crippen molar-refractivity contribution in [1.82, 2.24) is 15.1 Å². The summed E-state index contributed by atoms with van der Waals surface area (Å²) in [6.07, 6.45) is 0. The summed E-state index contributed by atoms with van der Waals surface area (Å²) in [5.74, 6) is -1.19. The lowest BCUT2D eigenvalue weighted by atomic mass is 10.0. The molecule has 1 heterocycles. The number of benzene rings is 2. The van der Waals surface area contributed by atoms with Crippen LogP contribution in [-0.4, -0.2) is 66.3 Å². The van der Waals surface area contributed by atoms with E-state index in [1.54, 1.807) is 4.90 Å². The van der Waals surface area contributed by atoms with Gasteiger partial charge < -0.3 is 15.5 Å². The van der Waals surface area contributed by atoms with Crippen molar-refractivity contribution < 1.29 is 18.8 Å². The van der Waals surface area contributed by atoms with Crippen molar-refractivity contribution >= 4 is 23.4 Å². The minimum Gasteiger partial charge on any atom is -0.340 e. The van der Waals surface area contributed by atoms with Gasteiger partial charge in [0, 0.05) is 37.4 Å². The Labute approximate surface area is 187 Å². The van der Waals surface area contributed by atoms with E-state index in [1.165, 1.54) is 24.3 Å². The molecule has 0 aromatic heterocycles. The fourth-order valence-corrected chi connectivity index (χ4v) is 3.59. The lowest BCUT2D eigenvalue weighted by Gasteiger charge is -2.37. The topological polar surface area (TPSA) is 81.8 Å². The number of anilines is 1. The SMILES string of the molecule is CC(C)C(NC(=O)c1ccc(F)cc1)C(=O)N1CCN(CC(=O)Nc2ccccc2)CC1. The fourth-order valence-electron chi connectivity index (χ4n) is 3.59. The molecular formula is C24H29FN4O3. The van der Waals surface area contributed by atoms with Gasteiger partial charge in [0.1, 0.15) is 11.9 Å². The molecule has 0 radical (unpaired) electrons. The van der Waals surface area contributed by atoms with Gasteiger partial charge in [0.05, 0.1) is 6.54 Å². The van der Waals surface area contributed by atoms with Crippen LogP contribution < -0.4 is 10.6 Å². The molecule has 1 atom stereocenters. The van der Waals surface area contributed by atoms with Crippen LogP contribution in [0.4, 0.5) is 10.1 Å². The Morgan fingerprint density at radius 3 is 2.16 bits per heavy atom. The number of para-hydroxylation sites is 1. The summed E-state index contributed by atoms with van der Waals surface area (Å²) in [6, 6.07) is 13.8. The highest BCUT2D eigenvalue weighted by atomic mass is 19.1. The van der Waals surface area contributed by atoms with Gasteiger partial charge in [0.15, 0.2) is 0 Å². The van der Waals surface area contributed by atoms with Crippen molar-refractivity contribution in [3.8, 4) is 0 Å². The standard InChI is InChI=1S/C24H29FN4O3/c1-17(2)22(27-23(31)18-8-10-19(25)11-9-18)24(32)29-14-12-28(13-15-29)16-21(30)26-20-6-4-3-5-7-20/h3-11,17,22H,12-16H2,1-2H3,(H,26,30)(H,27,31). The highest BCUT2D eigenvalue weighted by molar-refractivity contribution is 5.97. The van der Waals surface area contributed by atoms with Gasteiger partial charge in [-0.05, 0) is 42.3 Å². The second-order valence-electron chi connectivity index (χ2n) is 8.22. The number of nitrogens with one attached hydrogen (secondary N) is 2. The Kier molecular flexibility index (Phi) is 7.94. The minimum absolute atomic E-state index is 0.0948. The summed E-state index contributed by atoms with van der Waals surface area (Å²) in [5, 5.41) is 5.65. The molecule has 8 heteroatoms. The lowest BCUT2D eigenvalue weighted by Crippen LogP contribution is -2.57. The highest BCUT2D eigenvalue weighted by Gasteiger charge is 2.31. The quantitative estimate of drug-likeness (QED) is 0.693. The number of carbonyl (C=O) groups excluding carboxylic acids is 3. The van der Waals surface area contributed by atoms with Crippen LogP contribution in [-0.2, 0) is 9.59 Å². The summed E-state index contributed by atoms with van der Waals surface area (Å²) in [4.78, 5) is 41.6. The number of hydrogen-bond acceptors (Lipinski definition) is 4. The Morgan fingerprint density at radius 2 is 1.56 bits per heavy atom. The largest absolute Gasteiger partial charge is 0.340 e. The number of rotatable bonds is 7. The summed E-state index contributed by atoms with van der Waals surface area (Å²) in [5.41, 5.74) is 1.06. The Hall–Kier alpha value is -3.26. The third-order valence-electron chi connectivity index (χ3n) is 5.43. The Balaban J connectivity index is 1.51. The maximum Gasteiger partial charge on any atom is 0.251 e. The smallest absolute Gasteiger partial charge is 0.251 e. The number of hydrogen-bond donors (Lipinski definition) is 2. The molecule has 3 rings (SSSR count). The number of nitrogens with zero attached hydrogens (tertiary/aromatic N) is 2. The van der Waals surface area contributed by atoms with E-state index in [0.29, 0.717) is 31.7 Å². The van der Waals surface area contributed by atoms with Crippen molar-refractivity contribution in [2.24, 2.45) is 5.92 Å². The average molecular weight is 441 g/mol. The third-order valence-corrected chi connectivity index (χ3v) is 5.43. The molecule has 0 spiro atoms. The zero-order valence-electron chi connectivity index (χ0n) is 18.4. The van der Waals surface area contributed by atoms with E-state index in [4.69, 9.17) is 0 Å². The van der Waals surface area contributed by atoms with Crippen molar-refractivity contribution in [1.29, 1.82) is 0 Å². The molecule has 0 bridgehead atoms. The minimum atomic E-state index is -0.680. The molecule has 1 unspecified atom stereocenters. The van der Waals surface area contributed by atoms with Gasteiger partial charge in [-0.25, -0.2) is 4.39 Å². The molecule has 32 heavy (non-hydrogen) atoms.